The van der Waals surface area contributed by atoms with Gasteiger partial charge in [0, 0.05) is 17.8 Å². The van der Waals surface area contributed by atoms with Crippen molar-refractivity contribution in [2.75, 3.05) is 6.54 Å². The van der Waals surface area contributed by atoms with E-state index in [1.165, 1.54) is 6.92 Å². The Labute approximate surface area is 138 Å². The van der Waals surface area contributed by atoms with Crippen LogP contribution in [0.5, 0.6) is 0 Å². The summed E-state index contributed by atoms with van der Waals surface area (Å²) in [6, 6.07) is 6.05. The quantitative estimate of drug-likeness (QED) is 0.785. The molecule has 128 valence electrons. The molecule has 0 radical (unpaired) electrons. The van der Waals surface area contributed by atoms with Crippen LogP contribution in [0.3, 0.4) is 0 Å². The lowest BCUT2D eigenvalue weighted by Gasteiger charge is -2.24. The number of amides is 2. The molecule has 0 bridgehead atoms. The first-order chi connectivity index (χ1) is 11.3. The van der Waals surface area contributed by atoms with Crippen molar-refractivity contribution in [2.24, 2.45) is 0 Å². The molecule has 2 amide bonds. The van der Waals surface area contributed by atoms with E-state index in [9.17, 15) is 18.7 Å². The number of aryl methyl sites for hydroxylation is 1. The number of aromatic nitrogens is 1. The summed E-state index contributed by atoms with van der Waals surface area (Å²) < 4.78 is 26.7. The summed E-state index contributed by atoms with van der Waals surface area (Å²) in [6.07, 6.45) is 1.63. The van der Waals surface area contributed by atoms with E-state index in [0.29, 0.717) is 6.07 Å². The molecule has 3 N–H and O–H groups in total. The molecule has 24 heavy (non-hydrogen) atoms. The van der Waals surface area contributed by atoms with Gasteiger partial charge in [0.15, 0.2) is 0 Å². The third kappa shape index (κ3) is 4.48. The van der Waals surface area contributed by atoms with E-state index in [4.69, 9.17) is 0 Å². The number of hydrogen-bond acceptors (Lipinski definition) is 3. The van der Waals surface area contributed by atoms with Crippen molar-refractivity contribution in [3.63, 3.8) is 0 Å². The SMILES string of the molecule is Cc1cccnc1CNC(=O)NCC(C)(O)c1ccc(F)cc1F. The summed E-state index contributed by atoms with van der Waals surface area (Å²) in [6.45, 7) is 3.21. The number of carbonyl (C=O) groups is 1. The number of urea groups is 1. The number of aliphatic hydroxyl groups is 1. The van der Waals surface area contributed by atoms with Gasteiger partial charge in [0.2, 0.25) is 0 Å². The fourth-order valence-electron chi connectivity index (χ4n) is 2.20. The molecule has 0 spiro atoms. The van der Waals surface area contributed by atoms with Crippen LogP contribution in [0.2, 0.25) is 0 Å². The number of nitrogens with one attached hydrogen (secondary N) is 2. The van der Waals surface area contributed by atoms with E-state index in [0.717, 1.165) is 23.4 Å². The third-order valence-electron chi connectivity index (χ3n) is 3.64. The molecule has 1 atom stereocenters. The molecule has 7 heteroatoms. The molecule has 1 aromatic carbocycles. The van der Waals surface area contributed by atoms with Gasteiger partial charge >= 0.3 is 6.03 Å². The van der Waals surface area contributed by atoms with Gasteiger partial charge in [-0.2, -0.15) is 0 Å². The number of carbonyl (C=O) groups excluding carboxylic acids is 1. The second-order valence-electron chi connectivity index (χ2n) is 5.70. The molecular formula is C17H19F2N3O2. The van der Waals surface area contributed by atoms with Crippen LogP contribution in [-0.4, -0.2) is 22.7 Å². The molecule has 1 heterocycles. The molecule has 1 unspecified atom stereocenters. The highest BCUT2D eigenvalue weighted by atomic mass is 19.1. The Morgan fingerprint density at radius 2 is 2.04 bits per heavy atom. The van der Waals surface area contributed by atoms with Crippen LogP contribution in [0.15, 0.2) is 36.5 Å². The molecule has 2 aromatic rings. The maximum absolute atomic E-state index is 13.7. The predicted octanol–water partition coefficient (Wildman–Crippen LogP) is 2.38. The normalized spacial score (nSPS) is 13.2. The highest BCUT2D eigenvalue weighted by molar-refractivity contribution is 5.73. The fourth-order valence-corrected chi connectivity index (χ4v) is 2.20. The fraction of sp³-hybridized carbons (Fsp3) is 0.294. The first-order valence-electron chi connectivity index (χ1n) is 7.40. The van der Waals surface area contributed by atoms with Crippen molar-refractivity contribution in [1.82, 2.24) is 15.6 Å². The zero-order valence-corrected chi connectivity index (χ0v) is 13.4. The first-order valence-corrected chi connectivity index (χ1v) is 7.40. The van der Waals surface area contributed by atoms with E-state index in [2.05, 4.69) is 15.6 Å². The minimum atomic E-state index is -1.67. The maximum Gasteiger partial charge on any atom is 0.315 e. The average Bonchev–Trinajstić information content (AvgIpc) is 2.52. The molecule has 0 fully saturated rings. The number of benzene rings is 1. The molecule has 0 aliphatic carbocycles. The minimum Gasteiger partial charge on any atom is -0.383 e. The summed E-state index contributed by atoms with van der Waals surface area (Å²) in [5, 5.41) is 15.4. The van der Waals surface area contributed by atoms with E-state index in [-0.39, 0.29) is 18.7 Å². The Balaban J connectivity index is 1.91. The molecule has 0 aliphatic heterocycles. The Bertz CT molecular complexity index is 736. The van der Waals surface area contributed by atoms with Crippen molar-refractivity contribution in [1.29, 1.82) is 0 Å². The Kier molecular flexibility index (Phi) is 5.46. The van der Waals surface area contributed by atoms with Crippen LogP contribution in [0.4, 0.5) is 13.6 Å². The average molecular weight is 335 g/mol. The predicted molar refractivity (Wildman–Crippen MR) is 85.1 cm³/mol. The highest BCUT2D eigenvalue weighted by Crippen LogP contribution is 2.23. The van der Waals surface area contributed by atoms with E-state index in [1.54, 1.807) is 12.3 Å². The van der Waals surface area contributed by atoms with Crippen LogP contribution in [0.25, 0.3) is 0 Å². The molecule has 0 aliphatic rings. The molecular weight excluding hydrogens is 316 g/mol. The van der Waals surface area contributed by atoms with E-state index in [1.807, 2.05) is 13.0 Å². The van der Waals surface area contributed by atoms with Crippen LogP contribution in [-0.2, 0) is 12.1 Å². The standard InChI is InChI=1S/C17H19F2N3O2/c1-11-4-3-7-20-15(11)9-21-16(23)22-10-17(2,24)13-6-5-12(18)8-14(13)19/h3-8,24H,9-10H2,1-2H3,(H2,21,22,23). The summed E-state index contributed by atoms with van der Waals surface area (Å²) in [7, 11) is 0. The Morgan fingerprint density at radius 1 is 1.29 bits per heavy atom. The van der Waals surface area contributed by atoms with Gasteiger partial charge in [-0.05, 0) is 31.5 Å². The summed E-state index contributed by atoms with van der Waals surface area (Å²) in [5.41, 5.74) is -0.0947. The Hall–Kier alpha value is -2.54. The van der Waals surface area contributed by atoms with Gasteiger partial charge in [0.25, 0.3) is 0 Å². The number of halogens is 2. The Morgan fingerprint density at radius 3 is 2.71 bits per heavy atom. The second kappa shape index (κ2) is 7.35. The molecule has 5 nitrogen and oxygen atoms in total. The monoisotopic (exact) mass is 335 g/mol. The number of pyridine rings is 1. The van der Waals surface area contributed by atoms with Crippen molar-refractivity contribution in [2.45, 2.75) is 26.0 Å². The van der Waals surface area contributed by atoms with E-state index >= 15 is 0 Å². The van der Waals surface area contributed by atoms with Crippen molar-refractivity contribution < 1.29 is 18.7 Å². The van der Waals surface area contributed by atoms with Crippen LogP contribution >= 0.6 is 0 Å². The molecule has 0 saturated carbocycles. The third-order valence-corrected chi connectivity index (χ3v) is 3.64. The molecule has 0 saturated heterocycles. The van der Waals surface area contributed by atoms with Crippen LogP contribution in [0, 0.1) is 18.6 Å². The second-order valence-corrected chi connectivity index (χ2v) is 5.70. The lowest BCUT2D eigenvalue weighted by molar-refractivity contribution is 0.0555. The van der Waals surface area contributed by atoms with Gasteiger partial charge in [-0.25, -0.2) is 13.6 Å². The number of hydrogen-bond donors (Lipinski definition) is 3. The van der Waals surface area contributed by atoms with Gasteiger partial charge in [-0.15, -0.1) is 0 Å². The van der Waals surface area contributed by atoms with Crippen LogP contribution < -0.4 is 10.6 Å². The van der Waals surface area contributed by atoms with Crippen molar-refractivity contribution >= 4 is 6.03 Å². The van der Waals surface area contributed by atoms with Gasteiger partial charge < -0.3 is 15.7 Å². The van der Waals surface area contributed by atoms with Gasteiger partial charge in [0.1, 0.15) is 17.2 Å². The zero-order valence-electron chi connectivity index (χ0n) is 13.4. The smallest absolute Gasteiger partial charge is 0.315 e. The number of rotatable bonds is 5. The first kappa shape index (κ1) is 17.8. The van der Waals surface area contributed by atoms with Gasteiger partial charge in [-0.1, -0.05) is 12.1 Å². The summed E-state index contributed by atoms with van der Waals surface area (Å²) >= 11 is 0. The van der Waals surface area contributed by atoms with Crippen LogP contribution in [0.1, 0.15) is 23.7 Å². The maximum atomic E-state index is 13.7. The minimum absolute atomic E-state index is 0.0928. The van der Waals surface area contributed by atoms with E-state index < -0.39 is 23.3 Å². The van der Waals surface area contributed by atoms with Crippen molar-refractivity contribution in [3.05, 3.63) is 65.0 Å². The molecule has 2 rings (SSSR count). The van der Waals surface area contributed by atoms with Crippen molar-refractivity contribution in [3.8, 4) is 0 Å². The zero-order chi connectivity index (χ0) is 17.7. The lowest BCUT2D eigenvalue weighted by atomic mass is 9.95. The number of nitrogens with zero attached hydrogens (tertiary/aromatic N) is 1. The highest BCUT2D eigenvalue weighted by Gasteiger charge is 2.27. The van der Waals surface area contributed by atoms with Gasteiger partial charge in [-0.3, -0.25) is 4.98 Å². The largest absolute Gasteiger partial charge is 0.383 e. The lowest BCUT2D eigenvalue weighted by Crippen LogP contribution is -2.43. The summed E-state index contributed by atoms with van der Waals surface area (Å²) in [5.74, 6) is -1.60. The van der Waals surface area contributed by atoms with Gasteiger partial charge in [0.05, 0.1) is 18.8 Å². The summed E-state index contributed by atoms with van der Waals surface area (Å²) in [4.78, 5) is 16.0. The molecule has 1 aromatic heterocycles. The topological polar surface area (TPSA) is 74.2 Å².